The minimum absolute atomic E-state index is 0.0538. The summed E-state index contributed by atoms with van der Waals surface area (Å²) in [6, 6.07) is 11.1. The zero-order valence-electron chi connectivity index (χ0n) is 28.8. The number of anilines is 1. The standard InChI is InChI=1S/C38H54BrN3O5/c1-36(2,3)47-35(43)33(39)31-21-27(9-11-30(31)32-12-14-38(25-46-32)15-19-44-20-16-38)37(4)22-26-8-10-28(42-34(26)41-24-37)7-5-6-18-45-29-13-17-40-23-29/h8-11,21,29,32-33,40H,5-7,12-20,22-25H2,1-4H3,(H,41,42)/t29-,32?,33?,37?/m1/s1. The molecule has 3 saturated heterocycles. The Hall–Kier alpha value is -2.04. The number of aryl methyl sites for hydroxylation is 1. The summed E-state index contributed by atoms with van der Waals surface area (Å²) in [6.45, 7) is 14.0. The molecule has 1 aromatic heterocycles. The van der Waals surface area contributed by atoms with Crippen LogP contribution in [-0.2, 0) is 42.0 Å². The van der Waals surface area contributed by atoms with E-state index in [0.717, 1.165) is 126 Å². The first kappa shape index (κ1) is 34.8. The molecule has 1 spiro atoms. The average Bonchev–Trinajstić information content (AvgIpc) is 3.58. The molecule has 2 aromatic rings. The van der Waals surface area contributed by atoms with Gasteiger partial charge in [-0.05, 0) is 119 Å². The van der Waals surface area contributed by atoms with E-state index in [-0.39, 0.29) is 22.9 Å². The van der Waals surface area contributed by atoms with Gasteiger partial charge < -0.3 is 29.6 Å². The van der Waals surface area contributed by atoms with Crippen LogP contribution in [0.5, 0.6) is 0 Å². The van der Waals surface area contributed by atoms with Crippen molar-refractivity contribution in [2.75, 3.05) is 51.4 Å². The van der Waals surface area contributed by atoms with Crippen LogP contribution < -0.4 is 10.6 Å². The van der Waals surface area contributed by atoms with Crippen LogP contribution in [-0.4, -0.2) is 68.7 Å². The number of esters is 1. The SMILES string of the molecule is CC(C)(C)OC(=O)C(Br)c1cc(C2(C)CNc3nc(CCCCO[C@@H]4CCNC4)ccc3C2)ccc1C1CCC2(CCOCC2)CO1. The number of hydrogen-bond acceptors (Lipinski definition) is 8. The zero-order chi connectivity index (χ0) is 33.1. The molecule has 3 unspecified atom stereocenters. The molecule has 4 atom stereocenters. The second-order valence-corrected chi connectivity index (χ2v) is 16.5. The largest absolute Gasteiger partial charge is 0.459 e. The van der Waals surface area contributed by atoms with Crippen molar-refractivity contribution >= 4 is 27.7 Å². The third-order valence-electron chi connectivity index (χ3n) is 10.6. The maximum absolute atomic E-state index is 13.4. The molecule has 2 N–H and O–H groups in total. The summed E-state index contributed by atoms with van der Waals surface area (Å²) in [5, 5.41) is 7.02. The fourth-order valence-corrected chi connectivity index (χ4v) is 8.11. The summed E-state index contributed by atoms with van der Waals surface area (Å²) >= 11 is 3.77. The minimum atomic E-state index is -0.587. The van der Waals surface area contributed by atoms with E-state index in [1.54, 1.807) is 0 Å². The number of halogens is 1. The number of carbonyl (C=O) groups excluding carboxylic acids is 1. The Morgan fingerprint density at radius 3 is 2.68 bits per heavy atom. The van der Waals surface area contributed by atoms with Crippen LogP contribution in [0.2, 0.25) is 0 Å². The van der Waals surface area contributed by atoms with E-state index < -0.39 is 10.4 Å². The lowest BCUT2D eigenvalue weighted by Crippen LogP contribution is -2.39. The zero-order valence-corrected chi connectivity index (χ0v) is 30.4. The molecule has 4 aliphatic rings. The number of benzene rings is 1. The van der Waals surface area contributed by atoms with Crippen molar-refractivity contribution in [2.45, 2.75) is 114 Å². The fourth-order valence-electron chi connectivity index (χ4n) is 7.62. The van der Waals surface area contributed by atoms with Crippen LogP contribution in [0.15, 0.2) is 30.3 Å². The van der Waals surface area contributed by atoms with Crippen LogP contribution in [0.3, 0.4) is 0 Å². The maximum atomic E-state index is 13.4. The Bertz CT molecular complexity index is 1370. The van der Waals surface area contributed by atoms with Crippen LogP contribution in [0.1, 0.15) is 112 Å². The molecule has 0 saturated carbocycles. The number of aromatic nitrogens is 1. The van der Waals surface area contributed by atoms with Gasteiger partial charge in [-0.3, -0.25) is 4.79 Å². The van der Waals surface area contributed by atoms with E-state index >= 15 is 0 Å². The van der Waals surface area contributed by atoms with Gasteiger partial charge in [0.2, 0.25) is 0 Å². The molecule has 1 aromatic carbocycles. The van der Waals surface area contributed by atoms with Crippen LogP contribution >= 0.6 is 15.9 Å². The first-order chi connectivity index (χ1) is 22.5. The molecule has 258 valence electrons. The third-order valence-corrected chi connectivity index (χ3v) is 11.4. The molecule has 3 fully saturated rings. The monoisotopic (exact) mass is 711 g/mol. The Morgan fingerprint density at radius 1 is 1.13 bits per heavy atom. The summed E-state index contributed by atoms with van der Waals surface area (Å²) in [5.41, 5.74) is 5.04. The van der Waals surface area contributed by atoms with Crippen molar-refractivity contribution in [3.63, 3.8) is 0 Å². The Balaban J connectivity index is 1.16. The van der Waals surface area contributed by atoms with Gasteiger partial charge in [-0.15, -0.1) is 0 Å². The number of fused-ring (bicyclic) bond motifs is 1. The Kier molecular flexibility index (Phi) is 11.0. The molecule has 0 amide bonds. The van der Waals surface area contributed by atoms with Crippen LogP contribution in [0, 0.1) is 5.41 Å². The van der Waals surface area contributed by atoms with Gasteiger partial charge in [-0.1, -0.05) is 47.1 Å². The number of pyridine rings is 1. The number of unbranched alkanes of at least 4 members (excludes halogenated alkanes) is 1. The minimum Gasteiger partial charge on any atom is -0.459 e. The number of nitrogens with zero attached hydrogens (tertiary/aromatic N) is 1. The van der Waals surface area contributed by atoms with Crippen molar-refractivity contribution in [1.82, 2.24) is 10.3 Å². The maximum Gasteiger partial charge on any atom is 0.324 e. The van der Waals surface area contributed by atoms with Gasteiger partial charge in [0.25, 0.3) is 0 Å². The topological polar surface area (TPSA) is 90.9 Å². The lowest BCUT2D eigenvalue weighted by molar-refractivity contribution is -0.154. The number of rotatable bonds is 10. The Morgan fingerprint density at radius 2 is 1.96 bits per heavy atom. The molecule has 6 rings (SSSR count). The highest BCUT2D eigenvalue weighted by molar-refractivity contribution is 9.09. The highest BCUT2D eigenvalue weighted by atomic mass is 79.9. The molecule has 8 nitrogen and oxygen atoms in total. The van der Waals surface area contributed by atoms with Gasteiger partial charge >= 0.3 is 5.97 Å². The molecule has 5 heterocycles. The van der Waals surface area contributed by atoms with Gasteiger partial charge in [-0.2, -0.15) is 0 Å². The van der Waals surface area contributed by atoms with E-state index in [2.05, 4.69) is 63.8 Å². The predicted octanol–water partition coefficient (Wildman–Crippen LogP) is 7.13. The summed E-state index contributed by atoms with van der Waals surface area (Å²) in [7, 11) is 0. The van der Waals surface area contributed by atoms with Crippen LogP contribution in [0.25, 0.3) is 0 Å². The fraction of sp³-hybridized carbons (Fsp3) is 0.684. The van der Waals surface area contributed by atoms with Crippen LogP contribution in [0.4, 0.5) is 5.82 Å². The van der Waals surface area contributed by atoms with Crippen molar-refractivity contribution < 1.29 is 23.7 Å². The molecular formula is C38H54BrN3O5. The van der Waals surface area contributed by atoms with Gasteiger partial charge in [-0.25, -0.2) is 4.98 Å². The third kappa shape index (κ3) is 8.58. The highest BCUT2D eigenvalue weighted by Crippen LogP contribution is 2.47. The van der Waals surface area contributed by atoms with Gasteiger partial charge in [0.15, 0.2) is 0 Å². The second-order valence-electron chi connectivity index (χ2n) is 15.5. The lowest BCUT2D eigenvalue weighted by Gasteiger charge is -2.43. The van der Waals surface area contributed by atoms with Crippen molar-refractivity contribution in [2.24, 2.45) is 5.41 Å². The van der Waals surface area contributed by atoms with E-state index in [0.29, 0.717) is 6.10 Å². The predicted molar refractivity (Wildman–Crippen MR) is 188 cm³/mol. The smallest absolute Gasteiger partial charge is 0.324 e. The first-order valence-corrected chi connectivity index (χ1v) is 18.7. The molecule has 47 heavy (non-hydrogen) atoms. The summed E-state index contributed by atoms with van der Waals surface area (Å²) in [4.78, 5) is 17.8. The van der Waals surface area contributed by atoms with Gasteiger partial charge in [0.05, 0.1) is 18.8 Å². The number of hydrogen-bond donors (Lipinski definition) is 2. The van der Waals surface area contributed by atoms with E-state index in [1.807, 2.05) is 20.8 Å². The quantitative estimate of drug-likeness (QED) is 0.153. The van der Waals surface area contributed by atoms with Gasteiger partial charge in [0.1, 0.15) is 16.2 Å². The molecule has 0 bridgehead atoms. The second kappa shape index (κ2) is 14.8. The molecule has 4 aliphatic heterocycles. The average molecular weight is 713 g/mol. The molecule has 0 aliphatic carbocycles. The molecule has 9 heteroatoms. The first-order valence-electron chi connectivity index (χ1n) is 17.8. The summed E-state index contributed by atoms with van der Waals surface area (Å²) < 4.78 is 24.1. The van der Waals surface area contributed by atoms with E-state index in [4.69, 9.17) is 23.9 Å². The number of carbonyl (C=O) groups is 1. The van der Waals surface area contributed by atoms with Crippen molar-refractivity contribution in [3.8, 4) is 0 Å². The summed E-state index contributed by atoms with van der Waals surface area (Å²) in [5.74, 6) is 0.721. The van der Waals surface area contributed by atoms with E-state index in [9.17, 15) is 4.79 Å². The van der Waals surface area contributed by atoms with Gasteiger partial charge in [0, 0.05) is 44.0 Å². The number of ether oxygens (including phenoxy) is 4. The normalized spacial score (nSPS) is 26.4. The molecular weight excluding hydrogens is 658 g/mol. The lowest BCUT2D eigenvalue weighted by atomic mass is 9.73. The summed E-state index contributed by atoms with van der Waals surface area (Å²) in [6.07, 6.45) is 9.56. The number of alkyl halides is 1. The Labute approximate surface area is 289 Å². The van der Waals surface area contributed by atoms with E-state index in [1.165, 1.54) is 11.1 Å². The highest BCUT2D eigenvalue weighted by Gasteiger charge is 2.40. The number of nitrogens with one attached hydrogen (secondary N) is 2. The molecule has 0 radical (unpaired) electrons. The van der Waals surface area contributed by atoms with Crippen molar-refractivity contribution in [3.05, 3.63) is 58.3 Å². The van der Waals surface area contributed by atoms with Crippen molar-refractivity contribution in [1.29, 1.82) is 0 Å².